The minimum atomic E-state index is -0.210. The summed E-state index contributed by atoms with van der Waals surface area (Å²) in [6.07, 6.45) is 7.23. The summed E-state index contributed by atoms with van der Waals surface area (Å²) < 4.78 is 13.1. The van der Waals surface area contributed by atoms with Gasteiger partial charge in [0.2, 0.25) is 0 Å². The number of aromatic nitrogens is 1. The maximum absolute atomic E-state index is 13.1. The quantitative estimate of drug-likeness (QED) is 0.810. The molecule has 0 atom stereocenters. The highest BCUT2D eigenvalue weighted by Gasteiger charge is 2.33. The van der Waals surface area contributed by atoms with Crippen LogP contribution in [0.2, 0.25) is 0 Å². The molecule has 82 valence electrons. The fourth-order valence-corrected chi connectivity index (χ4v) is 2.49. The lowest BCUT2D eigenvalue weighted by Crippen LogP contribution is -2.38. The third-order valence-electron chi connectivity index (χ3n) is 3.47. The summed E-state index contributed by atoms with van der Waals surface area (Å²) in [7, 11) is 0. The van der Waals surface area contributed by atoms with E-state index in [0.29, 0.717) is 6.54 Å². The molecule has 0 saturated heterocycles. The van der Waals surface area contributed by atoms with Gasteiger partial charge < -0.3 is 5.73 Å². The second-order valence-corrected chi connectivity index (χ2v) is 4.40. The topological polar surface area (TPSA) is 38.9 Å². The standard InChI is InChI=1S/C12H17FN2/c13-10-4-7-15-11(8-10)12(9-14)5-2-1-3-6-12/h4,7-8H,1-3,5-6,9,14H2. The van der Waals surface area contributed by atoms with Gasteiger partial charge in [-0.1, -0.05) is 19.3 Å². The number of halogens is 1. The maximum atomic E-state index is 13.1. The summed E-state index contributed by atoms with van der Waals surface area (Å²) in [5, 5.41) is 0. The predicted molar refractivity (Wildman–Crippen MR) is 58.0 cm³/mol. The van der Waals surface area contributed by atoms with E-state index < -0.39 is 0 Å². The second-order valence-electron chi connectivity index (χ2n) is 4.40. The van der Waals surface area contributed by atoms with Crippen LogP contribution in [0.15, 0.2) is 18.3 Å². The number of nitrogens with two attached hydrogens (primary N) is 1. The molecule has 1 heterocycles. The Kier molecular flexibility index (Phi) is 3.00. The van der Waals surface area contributed by atoms with E-state index in [1.165, 1.54) is 37.6 Å². The number of pyridine rings is 1. The minimum absolute atomic E-state index is 0.0691. The van der Waals surface area contributed by atoms with Gasteiger partial charge in [-0.2, -0.15) is 0 Å². The number of nitrogens with zero attached hydrogens (tertiary/aromatic N) is 1. The van der Waals surface area contributed by atoms with Crippen molar-refractivity contribution in [3.05, 3.63) is 29.8 Å². The molecule has 2 N–H and O–H groups in total. The van der Waals surface area contributed by atoms with Crippen molar-refractivity contribution in [2.24, 2.45) is 5.73 Å². The van der Waals surface area contributed by atoms with Gasteiger partial charge in [-0.15, -0.1) is 0 Å². The maximum Gasteiger partial charge on any atom is 0.126 e. The summed E-state index contributed by atoms with van der Waals surface area (Å²) in [5.41, 5.74) is 6.63. The van der Waals surface area contributed by atoms with Crippen LogP contribution in [0.5, 0.6) is 0 Å². The van der Waals surface area contributed by atoms with E-state index in [-0.39, 0.29) is 11.2 Å². The third kappa shape index (κ3) is 2.02. The molecule has 0 amide bonds. The Morgan fingerprint density at radius 1 is 1.33 bits per heavy atom. The van der Waals surface area contributed by atoms with Crippen LogP contribution in [0.1, 0.15) is 37.8 Å². The van der Waals surface area contributed by atoms with E-state index in [1.807, 2.05) is 0 Å². The van der Waals surface area contributed by atoms with Crippen molar-refractivity contribution in [1.82, 2.24) is 4.98 Å². The Bertz CT molecular complexity index is 332. The second kappa shape index (κ2) is 4.27. The first kappa shape index (κ1) is 10.6. The molecule has 1 aliphatic rings. The summed E-state index contributed by atoms with van der Waals surface area (Å²) in [5.74, 6) is -0.210. The van der Waals surface area contributed by atoms with Crippen molar-refractivity contribution in [3.8, 4) is 0 Å². The van der Waals surface area contributed by atoms with Crippen molar-refractivity contribution in [2.45, 2.75) is 37.5 Å². The molecule has 1 fully saturated rings. The molecule has 0 bridgehead atoms. The van der Waals surface area contributed by atoms with Gasteiger partial charge >= 0.3 is 0 Å². The Hall–Kier alpha value is -0.960. The molecule has 15 heavy (non-hydrogen) atoms. The van der Waals surface area contributed by atoms with Crippen LogP contribution in [0, 0.1) is 5.82 Å². The SMILES string of the molecule is NCC1(c2cc(F)ccn2)CCCCC1. The molecule has 0 spiro atoms. The van der Waals surface area contributed by atoms with E-state index in [1.54, 1.807) is 0 Å². The average molecular weight is 208 g/mol. The van der Waals surface area contributed by atoms with Gasteiger partial charge in [-0.25, -0.2) is 4.39 Å². The molecule has 2 nitrogen and oxygen atoms in total. The molecule has 2 rings (SSSR count). The zero-order chi connectivity index (χ0) is 10.7. The van der Waals surface area contributed by atoms with Crippen LogP contribution in [0.4, 0.5) is 4.39 Å². The Labute approximate surface area is 89.7 Å². The van der Waals surface area contributed by atoms with E-state index in [0.717, 1.165) is 18.5 Å². The van der Waals surface area contributed by atoms with Crippen LogP contribution in [-0.4, -0.2) is 11.5 Å². The fraction of sp³-hybridized carbons (Fsp3) is 0.583. The molecular formula is C12H17FN2. The lowest BCUT2D eigenvalue weighted by molar-refractivity contribution is 0.292. The van der Waals surface area contributed by atoms with E-state index in [4.69, 9.17) is 5.73 Å². The van der Waals surface area contributed by atoms with Gasteiger partial charge in [0.25, 0.3) is 0 Å². The van der Waals surface area contributed by atoms with E-state index >= 15 is 0 Å². The Balaban J connectivity index is 2.32. The first-order chi connectivity index (χ1) is 7.27. The van der Waals surface area contributed by atoms with Gasteiger partial charge in [0, 0.05) is 18.2 Å². The van der Waals surface area contributed by atoms with E-state index in [2.05, 4.69) is 4.98 Å². The van der Waals surface area contributed by atoms with Crippen molar-refractivity contribution in [2.75, 3.05) is 6.54 Å². The molecule has 0 unspecified atom stereocenters. The lowest BCUT2D eigenvalue weighted by atomic mass is 9.71. The molecule has 0 radical (unpaired) electrons. The normalized spacial score (nSPS) is 20.1. The molecule has 1 aliphatic carbocycles. The summed E-state index contributed by atoms with van der Waals surface area (Å²) in [6.45, 7) is 0.573. The fourth-order valence-electron chi connectivity index (χ4n) is 2.49. The summed E-state index contributed by atoms with van der Waals surface area (Å²) in [6, 6.07) is 2.93. The summed E-state index contributed by atoms with van der Waals surface area (Å²) >= 11 is 0. The minimum Gasteiger partial charge on any atom is -0.330 e. The molecule has 1 saturated carbocycles. The molecule has 3 heteroatoms. The molecule has 0 aliphatic heterocycles. The van der Waals surface area contributed by atoms with Gasteiger partial charge in [-0.05, 0) is 25.0 Å². The van der Waals surface area contributed by atoms with Crippen LogP contribution in [0.25, 0.3) is 0 Å². The average Bonchev–Trinajstić information content (AvgIpc) is 2.30. The highest BCUT2D eigenvalue weighted by Crippen LogP contribution is 2.37. The number of hydrogen-bond acceptors (Lipinski definition) is 2. The van der Waals surface area contributed by atoms with Crippen molar-refractivity contribution >= 4 is 0 Å². The first-order valence-electron chi connectivity index (χ1n) is 5.59. The molecule has 1 aromatic heterocycles. The molecule has 1 aromatic rings. The van der Waals surface area contributed by atoms with Gasteiger partial charge in [0.1, 0.15) is 5.82 Å². The van der Waals surface area contributed by atoms with Crippen molar-refractivity contribution < 1.29 is 4.39 Å². The van der Waals surface area contributed by atoms with Crippen LogP contribution in [0.3, 0.4) is 0 Å². The number of hydrogen-bond donors (Lipinski definition) is 1. The smallest absolute Gasteiger partial charge is 0.126 e. The van der Waals surface area contributed by atoms with E-state index in [9.17, 15) is 4.39 Å². The number of rotatable bonds is 2. The highest BCUT2D eigenvalue weighted by atomic mass is 19.1. The highest BCUT2D eigenvalue weighted by molar-refractivity contribution is 5.19. The van der Waals surface area contributed by atoms with Gasteiger partial charge in [-0.3, -0.25) is 4.98 Å². The third-order valence-corrected chi connectivity index (χ3v) is 3.47. The summed E-state index contributed by atoms with van der Waals surface area (Å²) in [4.78, 5) is 4.29. The van der Waals surface area contributed by atoms with Crippen molar-refractivity contribution in [3.63, 3.8) is 0 Å². The van der Waals surface area contributed by atoms with Gasteiger partial charge in [0.05, 0.1) is 5.69 Å². The van der Waals surface area contributed by atoms with Crippen molar-refractivity contribution in [1.29, 1.82) is 0 Å². The zero-order valence-electron chi connectivity index (χ0n) is 8.88. The molecule has 0 aromatic carbocycles. The van der Waals surface area contributed by atoms with Crippen LogP contribution >= 0.6 is 0 Å². The first-order valence-corrected chi connectivity index (χ1v) is 5.59. The largest absolute Gasteiger partial charge is 0.330 e. The molecular weight excluding hydrogens is 191 g/mol. The predicted octanol–water partition coefficient (Wildman–Crippen LogP) is 2.38. The lowest BCUT2D eigenvalue weighted by Gasteiger charge is -2.35. The Morgan fingerprint density at radius 3 is 2.67 bits per heavy atom. The Morgan fingerprint density at radius 2 is 2.07 bits per heavy atom. The zero-order valence-corrected chi connectivity index (χ0v) is 8.88. The van der Waals surface area contributed by atoms with Crippen LogP contribution in [-0.2, 0) is 5.41 Å². The van der Waals surface area contributed by atoms with Crippen LogP contribution < -0.4 is 5.73 Å². The van der Waals surface area contributed by atoms with Gasteiger partial charge in [0.15, 0.2) is 0 Å². The monoisotopic (exact) mass is 208 g/mol.